The number of hydrogen-bond donors (Lipinski definition) is 0. The summed E-state index contributed by atoms with van der Waals surface area (Å²) in [6.45, 7) is 5.01. The fourth-order valence-corrected chi connectivity index (χ4v) is 4.06. The van der Waals surface area contributed by atoms with Gasteiger partial charge in [0.05, 0.1) is 18.4 Å². The highest BCUT2D eigenvalue weighted by atomic mass is 16.5. The van der Waals surface area contributed by atoms with E-state index in [1.165, 1.54) is 11.1 Å². The number of methoxy groups -OCH3 is 1. The molecule has 1 aliphatic carbocycles. The van der Waals surface area contributed by atoms with Gasteiger partial charge in [-0.25, -0.2) is 5.01 Å². The molecule has 0 saturated heterocycles. The van der Waals surface area contributed by atoms with Gasteiger partial charge < -0.3 is 9.64 Å². The smallest absolute Gasteiger partial charge is 0.262 e. The average molecular weight is 434 g/mol. The summed E-state index contributed by atoms with van der Waals surface area (Å²) in [4.78, 5) is 27.8. The molecule has 32 heavy (non-hydrogen) atoms. The quantitative estimate of drug-likeness (QED) is 0.635. The molecule has 1 atom stereocenters. The van der Waals surface area contributed by atoms with Crippen molar-refractivity contribution in [1.82, 2.24) is 9.91 Å². The maximum Gasteiger partial charge on any atom is 0.262 e. The molecule has 6 heteroatoms. The number of hydrogen-bond acceptors (Lipinski definition) is 4. The van der Waals surface area contributed by atoms with Crippen LogP contribution in [0, 0.1) is 19.8 Å². The molecule has 168 valence electrons. The third-order valence-electron chi connectivity index (χ3n) is 6.32. The highest BCUT2D eigenvalue weighted by Crippen LogP contribution is 2.34. The van der Waals surface area contributed by atoms with Crippen LogP contribution >= 0.6 is 0 Å². The van der Waals surface area contributed by atoms with Gasteiger partial charge in [-0.05, 0) is 55.0 Å². The van der Waals surface area contributed by atoms with Crippen LogP contribution in [0.5, 0.6) is 0 Å². The van der Waals surface area contributed by atoms with Crippen LogP contribution in [0.4, 0.5) is 0 Å². The van der Waals surface area contributed by atoms with E-state index >= 15 is 0 Å². The van der Waals surface area contributed by atoms with E-state index in [9.17, 15) is 9.59 Å². The highest BCUT2D eigenvalue weighted by Gasteiger charge is 2.37. The number of rotatable bonds is 8. The predicted octanol–water partition coefficient (Wildman–Crippen LogP) is 3.87. The van der Waals surface area contributed by atoms with E-state index < -0.39 is 0 Å². The first kappa shape index (κ1) is 22.2. The number of amides is 2. The molecule has 2 aromatic rings. The lowest BCUT2D eigenvalue weighted by molar-refractivity contribution is -0.142. The van der Waals surface area contributed by atoms with Gasteiger partial charge in [-0.15, -0.1) is 0 Å². The summed E-state index contributed by atoms with van der Waals surface area (Å²) >= 11 is 0. The zero-order chi connectivity index (χ0) is 22.7. The molecule has 1 aliphatic heterocycles. The number of benzene rings is 2. The average Bonchev–Trinajstić information content (AvgIpc) is 3.56. The number of ether oxygens (including phenoxy) is 1. The van der Waals surface area contributed by atoms with Gasteiger partial charge in [0.25, 0.3) is 5.91 Å². The van der Waals surface area contributed by atoms with Gasteiger partial charge in [0.1, 0.15) is 6.54 Å². The summed E-state index contributed by atoms with van der Waals surface area (Å²) in [5.41, 5.74) is 5.40. The van der Waals surface area contributed by atoms with Crippen LogP contribution in [0.1, 0.15) is 47.6 Å². The summed E-state index contributed by atoms with van der Waals surface area (Å²) in [5.74, 6) is -0.0650. The van der Waals surface area contributed by atoms with E-state index in [0.717, 1.165) is 29.7 Å². The minimum Gasteiger partial charge on any atom is -0.383 e. The van der Waals surface area contributed by atoms with Crippen LogP contribution in [0.2, 0.25) is 0 Å². The number of nitrogens with zero attached hydrogens (tertiary/aromatic N) is 3. The third kappa shape index (κ3) is 4.91. The molecular weight excluding hydrogens is 402 g/mol. The molecule has 0 aromatic heterocycles. The minimum absolute atomic E-state index is 0.0196. The van der Waals surface area contributed by atoms with E-state index in [4.69, 9.17) is 9.84 Å². The second-order valence-electron chi connectivity index (χ2n) is 8.74. The van der Waals surface area contributed by atoms with Crippen LogP contribution in [-0.2, 0) is 14.3 Å². The van der Waals surface area contributed by atoms with Crippen molar-refractivity contribution >= 4 is 17.5 Å². The van der Waals surface area contributed by atoms with E-state index in [2.05, 4.69) is 32.0 Å². The fourth-order valence-electron chi connectivity index (χ4n) is 4.06. The Hall–Kier alpha value is -2.99. The molecule has 4 rings (SSSR count). The molecular formula is C26H31N3O3. The molecule has 2 amide bonds. The van der Waals surface area contributed by atoms with Gasteiger partial charge in [-0.1, -0.05) is 42.5 Å². The van der Waals surface area contributed by atoms with E-state index in [1.807, 2.05) is 30.3 Å². The van der Waals surface area contributed by atoms with Crippen molar-refractivity contribution in [2.45, 2.75) is 39.2 Å². The molecule has 1 heterocycles. The van der Waals surface area contributed by atoms with Crippen molar-refractivity contribution in [1.29, 1.82) is 0 Å². The molecule has 1 saturated carbocycles. The standard InChI is InChI=1S/C26H31N3O3/c1-18-9-10-22(15-19(18)2)23-16-24(20-7-5-4-6-8-20)29(27-23)25(30)17-28(13-14-32-3)26(31)21-11-12-21/h4-10,15,21,24H,11-14,16-17H2,1-3H3. The van der Waals surface area contributed by atoms with Gasteiger partial charge in [0, 0.05) is 26.0 Å². The van der Waals surface area contributed by atoms with Gasteiger partial charge in [-0.2, -0.15) is 5.10 Å². The summed E-state index contributed by atoms with van der Waals surface area (Å²) < 4.78 is 5.17. The van der Waals surface area contributed by atoms with E-state index in [1.54, 1.807) is 17.0 Å². The van der Waals surface area contributed by atoms with Crippen molar-refractivity contribution in [3.63, 3.8) is 0 Å². The van der Waals surface area contributed by atoms with Gasteiger partial charge in [0.2, 0.25) is 5.91 Å². The summed E-state index contributed by atoms with van der Waals surface area (Å²) in [6, 6.07) is 16.1. The number of hydrazone groups is 1. The molecule has 2 aliphatic rings. The number of carbonyl (C=O) groups excluding carboxylic acids is 2. The molecule has 1 fully saturated rings. The molecule has 0 radical (unpaired) electrons. The Morgan fingerprint density at radius 1 is 1.09 bits per heavy atom. The lowest BCUT2D eigenvalue weighted by Gasteiger charge is -2.27. The Balaban J connectivity index is 1.60. The van der Waals surface area contributed by atoms with Gasteiger partial charge >= 0.3 is 0 Å². The largest absolute Gasteiger partial charge is 0.383 e. The first-order valence-corrected chi connectivity index (χ1v) is 11.3. The van der Waals surface area contributed by atoms with E-state index in [-0.39, 0.29) is 30.3 Å². The van der Waals surface area contributed by atoms with Crippen molar-refractivity contribution in [3.8, 4) is 0 Å². The maximum absolute atomic E-state index is 13.4. The van der Waals surface area contributed by atoms with Gasteiger partial charge in [-0.3, -0.25) is 9.59 Å². The Morgan fingerprint density at radius 2 is 1.84 bits per heavy atom. The second kappa shape index (κ2) is 9.65. The van der Waals surface area contributed by atoms with Crippen LogP contribution in [-0.4, -0.2) is 54.2 Å². The van der Waals surface area contributed by atoms with Crippen molar-refractivity contribution in [2.24, 2.45) is 11.0 Å². The summed E-state index contributed by atoms with van der Waals surface area (Å²) in [5, 5.41) is 6.35. The molecule has 0 spiro atoms. The second-order valence-corrected chi connectivity index (χ2v) is 8.74. The van der Waals surface area contributed by atoms with Gasteiger partial charge in [0.15, 0.2) is 0 Å². The van der Waals surface area contributed by atoms with Crippen LogP contribution in [0.15, 0.2) is 53.6 Å². The molecule has 0 N–H and O–H groups in total. The first-order chi connectivity index (χ1) is 15.5. The third-order valence-corrected chi connectivity index (χ3v) is 6.32. The maximum atomic E-state index is 13.4. The zero-order valence-corrected chi connectivity index (χ0v) is 19.1. The monoisotopic (exact) mass is 433 g/mol. The van der Waals surface area contributed by atoms with Crippen LogP contribution < -0.4 is 0 Å². The highest BCUT2D eigenvalue weighted by molar-refractivity contribution is 6.03. The Morgan fingerprint density at radius 3 is 2.50 bits per heavy atom. The summed E-state index contributed by atoms with van der Waals surface area (Å²) in [6.07, 6.45) is 2.46. The Kier molecular flexibility index (Phi) is 6.70. The number of carbonyl (C=O) groups is 2. The Labute approximate surface area is 189 Å². The number of aryl methyl sites for hydroxylation is 2. The lowest BCUT2D eigenvalue weighted by Crippen LogP contribution is -2.43. The van der Waals surface area contributed by atoms with Crippen LogP contribution in [0.25, 0.3) is 0 Å². The molecule has 0 bridgehead atoms. The normalized spacial score (nSPS) is 17.9. The predicted molar refractivity (Wildman–Crippen MR) is 124 cm³/mol. The first-order valence-electron chi connectivity index (χ1n) is 11.3. The lowest BCUT2D eigenvalue weighted by atomic mass is 9.96. The van der Waals surface area contributed by atoms with Crippen molar-refractivity contribution in [3.05, 3.63) is 70.8 Å². The summed E-state index contributed by atoms with van der Waals surface area (Å²) in [7, 11) is 1.60. The zero-order valence-electron chi connectivity index (χ0n) is 19.1. The van der Waals surface area contributed by atoms with Crippen molar-refractivity contribution in [2.75, 3.05) is 26.8 Å². The molecule has 2 aromatic carbocycles. The van der Waals surface area contributed by atoms with E-state index in [0.29, 0.717) is 19.6 Å². The topological polar surface area (TPSA) is 62.2 Å². The minimum atomic E-state index is -0.180. The van der Waals surface area contributed by atoms with Crippen LogP contribution in [0.3, 0.4) is 0 Å². The van der Waals surface area contributed by atoms with Crippen molar-refractivity contribution < 1.29 is 14.3 Å². The SMILES string of the molecule is COCCN(CC(=O)N1N=C(c2ccc(C)c(C)c2)CC1c1ccccc1)C(=O)C1CC1. The molecule has 1 unspecified atom stereocenters. The molecule has 6 nitrogen and oxygen atoms in total. The fraction of sp³-hybridized carbons (Fsp3) is 0.423. The Bertz CT molecular complexity index is 1010.